The van der Waals surface area contributed by atoms with Gasteiger partial charge in [0.15, 0.2) is 0 Å². The zero-order valence-electron chi connectivity index (χ0n) is 17.9. The second kappa shape index (κ2) is 8.87. The molecule has 0 saturated carbocycles. The Bertz CT molecular complexity index is 1210. The quantitative estimate of drug-likeness (QED) is 0.612. The van der Waals surface area contributed by atoms with Crippen LogP contribution in [0.15, 0.2) is 44.9 Å². The molecule has 7 nitrogen and oxygen atoms in total. The molecule has 0 aliphatic rings. The maximum atomic E-state index is 12.9. The molecule has 30 heavy (non-hydrogen) atoms. The topological polar surface area (TPSA) is 86.0 Å². The molecule has 2 heterocycles. The van der Waals surface area contributed by atoms with Gasteiger partial charge in [0.1, 0.15) is 5.65 Å². The molecule has 0 atom stereocenters. The molecule has 158 valence electrons. The minimum Gasteiger partial charge on any atom is -0.325 e. The van der Waals surface area contributed by atoms with Gasteiger partial charge in [0.2, 0.25) is 5.91 Å². The van der Waals surface area contributed by atoms with Gasteiger partial charge in [-0.2, -0.15) is 0 Å². The monoisotopic (exact) mass is 426 g/mol. The number of aryl methyl sites for hydroxylation is 2. The van der Waals surface area contributed by atoms with Gasteiger partial charge < -0.3 is 5.32 Å². The summed E-state index contributed by atoms with van der Waals surface area (Å²) >= 11 is 1.30. The number of fused-ring (bicyclic) bond motifs is 1. The van der Waals surface area contributed by atoms with Crippen LogP contribution in [0.3, 0.4) is 0 Å². The van der Waals surface area contributed by atoms with Crippen molar-refractivity contribution in [2.45, 2.75) is 38.0 Å². The Morgan fingerprint density at radius 3 is 2.40 bits per heavy atom. The summed E-state index contributed by atoms with van der Waals surface area (Å²) in [4.78, 5) is 42.8. The van der Waals surface area contributed by atoms with Gasteiger partial charge in [-0.15, -0.1) is 11.8 Å². The average molecular weight is 427 g/mol. The molecular weight excluding hydrogens is 400 g/mol. The van der Waals surface area contributed by atoms with Crippen molar-refractivity contribution in [2.75, 3.05) is 11.1 Å². The first-order chi connectivity index (χ1) is 14.2. The number of pyridine rings is 1. The lowest BCUT2D eigenvalue weighted by Crippen LogP contribution is -2.37. The highest BCUT2D eigenvalue weighted by Gasteiger charge is 2.20. The Morgan fingerprint density at radius 1 is 1.13 bits per heavy atom. The van der Waals surface area contributed by atoms with E-state index in [0.29, 0.717) is 15.9 Å². The number of anilines is 1. The van der Waals surface area contributed by atoms with E-state index in [4.69, 9.17) is 0 Å². The van der Waals surface area contributed by atoms with Crippen LogP contribution in [-0.2, 0) is 25.3 Å². The van der Waals surface area contributed by atoms with E-state index in [0.717, 1.165) is 22.2 Å². The number of aromatic nitrogens is 3. The molecule has 0 radical (unpaired) electrons. The molecule has 0 spiro atoms. The van der Waals surface area contributed by atoms with Crippen molar-refractivity contribution in [3.63, 3.8) is 0 Å². The third-order valence-corrected chi connectivity index (χ3v) is 6.20. The van der Waals surface area contributed by atoms with Crippen molar-refractivity contribution < 1.29 is 4.79 Å². The number of benzene rings is 1. The maximum absolute atomic E-state index is 12.9. The van der Waals surface area contributed by atoms with E-state index in [9.17, 15) is 14.4 Å². The largest absolute Gasteiger partial charge is 0.332 e. The number of nitrogens with one attached hydrogen (secondary N) is 1. The first kappa shape index (κ1) is 21.8. The third-order valence-electron chi connectivity index (χ3n) is 5.06. The molecule has 1 aromatic carbocycles. The molecule has 1 amide bonds. The fourth-order valence-corrected chi connectivity index (χ4v) is 4.37. The molecule has 0 unspecified atom stereocenters. The van der Waals surface area contributed by atoms with Crippen molar-refractivity contribution in [1.82, 2.24) is 14.1 Å². The summed E-state index contributed by atoms with van der Waals surface area (Å²) in [5.41, 5.74) is 2.31. The van der Waals surface area contributed by atoms with Gasteiger partial charge in [-0.05, 0) is 35.6 Å². The van der Waals surface area contributed by atoms with Crippen molar-refractivity contribution in [1.29, 1.82) is 0 Å². The predicted octanol–water partition coefficient (Wildman–Crippen LogP) is 3.05. The number of amides is 1. The molecule has 3 rings (SSSR count). The summed E-state index contributed by atoms with van der Waals surface area (Å²) in [6.45, 7) is 6.10. The Labute approximate surface area is 179 Å². The van der Waals surface area contributed by atoms with Gasteiger partial charge >= 0.3 is 5.69 Å². The van der Waals surface area contributed by atoms with E-state index >= 15 is 0 Å². The molecule has 0 aliphatic heterocycles. The Morgan fingerprint density at radius 2 is 1.80 bits per heavy atom. The van der Waals surface area contributed by atoms with Crippen molar-refractivity contribution in [3.8, 4) is 0 Å². The van der Waals surface area contributed by atoms with Crippen LogP contribution in [0.1, 0.15) is 37.8 Å². The number of hydrogen-bond acceptors (Lipinski definition) is 5. The lowest BCUT2D eigenvalue weighted by Gasteiger charge is -2.16. The minimum atomic E-state index is -0.429. The number of carbonyl (C=O) groups excluding carboxylic acids is 1. The summed E-state index contributed by atoms with van der Waals surface area (Å²) in [7, 11) is 3.04. The molecule has 2 aromatic heterocycles. The van der Waals surface area contributed by atoms with Gasteiger partial charge in [-0.25, -0.2) is 9.78 Å². The lowest BCUT2D eigenvalue weighted by atomic mass is 10.0. The van der Waals surface area contributed by atoms with Gasteiger partial charge in [0.05, 0.1) is 11.1 Å². The Kier molecular flexibility index (Phi) is 6.45. The van der Waals surface area contributed by atoms with Gasteiger partial charge in [0, 0.05) is 30.9 Å². The van der Waals surface area contributed by atoms with Crippen LogP contribution in [-0.4, -0.2) is 25.8 Å². The van der Waals surface area contributed by atoms with E-state index in [1.165, 1.54) is 28.9 Å². The summed E-state index contributed by atoms with van der Waals surface area (Å²) in [5.74, 6) is 0.0851. The second-order valence-electron chi connectivity index (χ2n) is 7.49. The van der Waals surface area contributed by atoms with Crippen LogP contribution < -0.4 is 16.6 Å². The smallest absolute Gasteiger partial charge is 0.325 e. The van der Waals surface area contributed by atoms with Crippen LogP contribution in [0.4, 0.5) is 5.69 Å². The van der Waals surface area contributed by atoms with Gasteiger partial charge in [0.25, 0.3) is 5.56 Å². The van der Waals surface area contributed by atoms with Crippen molar-refractivity contribution in [2.24, 2.45) is 14.1 Å². The molecule has 0 fully saturated rings. The van der Waals surface area contributed by atoms with E-state index < -0.39 is 11.2 Å². The minimum absolute atomic E-state index is 0.107. The zero-order valence-corrected chi connectivity index (χ0v) is 18.7. The van der Waals surface area contributed by atoms with Crippen molar-refractivity contribution >= 4 is 34.4 Å². The van der Waals surface area contributed by atoms with E-state index in [1.807, 2.05) is 38.1 Å². The normalized spacial score (nSPS) is 11.3. The lowest BCUT2D eigenvalue weighted by molar-refractivity contribution is -0.113. The summed E-state index contributed by atoms with van der Waals surface area (Å²) in [6.07, 6.45) is 2.63. The molecule has 8 heteroatoms. The number of hydrogen-bond donors (Lipinski definition) is 1. The summed E-state index contributed by atoms with van der Waals surface area (Å²) in [6, 6.07) is 7.74. The van der Waals surface area contributed by atoms with Crippen LogP contribution >= 0.6 is 11.8 Å². The van der Waals surface area contributed by atoms with Crippen molar-refractivity contribution in [3.05, 3.63) is 62.4 Å². The number of thioether (sulfide) groups is 1. The average Bonchev–Trinajstić information content (AvgIpc) is 2.74. The fraction of sp³-hybridized carbons (Fsp3) is 0.364. The van der Waals surface area contributed by atoms with Gasteiger partial charge in [-0.3, -0.25) is 18.7 Å². The highest BCUT2D eigenvalue weighted by Crippen LogP contribution is 2.32. The molecule has 0 aliphatic carbocycles. The highest BCUT2D eigenvalue weighted by atomic mass is 32.2. The standard InChI is InChI=1S/C22H26N4O3S/c1-6-14-7-9-15(10-8-14)24-17(27)12-30-19-16(13(2)3)11-23-20-18(19)21(28)26(5)22(29)25(20)4/h7-11,13H,6,12H2,1-5H3,(H,24,27). The van der Waals surface area contributed by atoms with Gasteiger partial charge in [-0.1, -0.05) is 32.9 Å². The zero-order chi connectivity index (χ0) is 22.0. The molecule has 3 aromatic rings. The number of nitrogens with zero attached hydrogens (tertiary/aromatic N) is 3. The highest BCUT2D eigenvalue weighted by molar-refractivity contribution is 8.00. The van der Waals surface area contributed by atoms with Crippen LogP contribution in [0.2, 0.25) is 0 Å². The van der Waals surface area contributed by atoms with Crippen LogP contribution in [0.25, 0.3) is 11.0 Å². The Hall–Kier alpha value is -2.87. The van der Waals surface area contributed by atoms with E-state index in [-0.39, 0.29) is 17.6 Å². The third kappa shape index (κ3) is 4.18. The molecular formula is C22H26N4O3S. The first-order valence-corrected chi connectivity index (χ1v) is 10.8. The SMILES string of the molecule is CCc1ccc(NC(=O)CSc2c(C(C)C)cnc3c2c(=O)n(C)c(=O)n3C)cc1. The second-order valence-corrected chi connectivity index (χ2v) is 8.47. The van der Waals surface area contributed by atoms with E-state index in [2.05, 4.69) is 17.2 Å². The summed E-state index contributed by atoms with van der Waals surface area (Å²) in [5, 5.41) is 3.26. The molecule has 0 saturated heterocycles. The van der Waals surface area contributed by atoms with E-state index in [1.54, 1.807) is 13.2 Å². The predicted molar refractivity (Wildman–Crippen MR) is 121 cm³/mol. The molecule has 0 bridgehead atoms. The fourth-order valence-electron chi connectivity index (χ4n) is 3.24. The number of rotatable bonds is 6. The molecule has 1 N–H and O–H groups in total. The Balaban J connectivity index is 1.95. The maximum Gasteiger partial charge on any atom is 0.332 e. The van der Waals surface area contributed by atoms with Crippen LogP contribution in [0, 0.1) is 0 Å². The first-order valence-electron chi connectivity index (χ1n) is 9.84. The van der Waals surface area contributed by atoms with Crippen LogP contribution in [0.5, 0.6) is 0 Å². The number of carbonyl (C=O) groups is 1. The summed E-state index contributed by atoms with van der Waals surface area (Å²) < 4.78 is 2.44.